The summed E-state index contributed by atoms with van der Waals surface area (Å²) in [6.07, 6.45) is 7.44. The zero-order valence-electron chi connectivity index (χ0n) is 20.2. The molecule has 3 rings (SSSR count). The molecule has 1 heterocycles. The second-order valence-corrected chi connectivity index (χ2v) is 9.35. The Morgan fingerprint density at radius 1 is 0.971 bits per heavy atom. The Balaban J connectivity index is 0.00000408. The van der Waals surface area contributed by atoms with Crippen molar-refractivity contribution in [3.05, 3.63) is 70.4 Å². The van der Waals surface area contributed by atoms with Crippen molar-refractivity contribution < 1.29 is 38.4 Å². The number of aromatic nitrogens is 1. The van der Waals surface area contributed by atoms with E-state index in [0.29, 0.717) is 13.0 Å². The molecule has 0 unspecified atom stereocenters. The van der Waals surface area contributed by atoms with Crippen molar-refractivity contribution in [1.82, 2.24) is 9.05 Å². The summed E-state index contributed by atoms with van der Waals surface area (Å²) in [5.74, 6) is -0.173. The number of halogens is 1. The van der Waals surface area contributed by atoms with E-state index in [1.807, 2.05) is 30.5 Å². The molecular formula is C26H34IN3O4. The van der Waals surface area contributed by atoms with Gasteiger partial charge < -0.3 is 33.3 Å². The molecule has 0 saturated heterocycles. The minimum atomic E-state index is -0.363. The van der Waals surface area contributed by atoms with E-state index < -0.39 is 0 Å². The van der Waals surface area contributed by atoms with Gasteiger partial charge in [0.25, 0.3) is 5.69 Å². The lowest BCUT2D eigenvalue weighted by atomic mass is 10.1. The smallest absolute Gasteiger partial charge is 0.310 e. The Labute approximate surface area is 218 Å². The molecule has 0 N–H and O–H groups in total. The topological polar surface area (TPSA) is 74.4 Å². The summed E-state index contributed by atoms with van der Waals surface area (Å²) in [6, 6.07) is 15.0. The lowest BCUT2D eigenvalue weighted by Crippen LogP contribution is -3.00. The quantitative estimate of drug-likeness (QED) is 0.0826. The van der Waals surface area contributed by atoms with Gasteiger partial charge in [-0.05, 0) is 42.7 Å². The maximum absolute atomic E-state index is 12.1. The van der Waals surface area contributed by atoms with Gasteiger partial charge in [-0.15, -0.1) is 0 Å². The maximum atomic E-state index is 12.1. The highest BCUT2D eigenvalue weighted by Gasteiger charge is 2.12. The van der Waals surface area contributed by atoms with Crippen LogP contribution in [0.4, 0.5) is 11.4 Å². The average molecular weight is 579 g/mol. The second-order valence-electron chi connectivity index (χ2n) is 9.35. The first-order valence-corrected chi connectivity index (χ1v) is 11.5. The molecule has 1 aromatic heterocycles. The van der Waals surface area contributed by atoms with Gasteiger partial charge in [0.15, 0.2) is 0 Å². The van der Waals surface area contributed by atoms with E-state index in [1.54, 1.807) is 12.1 Å². The molecule has 0 atom stereocenters. The number of unbranched alkanes of at least 4 members (excludes halogenated alkanes) is 4. The van der Waals surface area contributed by atoms with Crippen LogP contribution in [-0.4, -0.2) is 43.2 Å². The van der Waals surface area contributed by atoms with E-state index in [1.165, 1.54) is 5.69 Å². The lowest BCUT2D eigenvalue weighted by Gasteiger charge is -2.23. The van der Waals surface area contributed by atoms with Gasteiger partial charge >= 0.3 is 5.97 Å². The fraction of sp³-hybridized carbons (Fsp3) is 0.423. The Hall–Kier alpha value is -2.46. The van der Waals surface area contributed by atoms with Crippen LogP contribution in [0.3, 0.4) is 0 Å². The van der Waals surface area contributed by atoms with Gasteiger partial charge in [0.05, 0.1) is 39.1 Å². The van der Waals surface area contributed by atoms with Crippen molar-refractivity contribution >= 4 is 28.2 Å². The molecule has 8 heteroatoms. The SMILES string of the molecule is C[N+](C)(C)c1ccc(CC(=O)OCCCCCCCn2ccc3cc([N+](=O)[O-])ccc32)cc1.[I-]. The molecule has 3 aromatic rings. The number of benzene rings is 2. The summed E-state index contributed by atoms with van der Waals surface area (Å²) in [5.41, 5.74) is 3.32. The number of quaternary nitrogens is 1. The molecule has 0 aliphatic carbocycles. The number of ether oxygens (including phenoxy) is 1. The highest BCUT2D eigenvalue weighted by molar-refractivity contribution is 5.82. The Kier molecular flexibility index (Phi) is 10.5. The molecule has 0 fully saturated rings. The first-order chi connectivity index (χ1) is 15.7. The number of hydrogen-bond donors (Lipinski definition) is 0. The molecule has 7 nitrogen and oxygen atoms in total. The minimum Gasteiger partial charge on any atom is -1.00 e. The van der Waals surface area contributed by atoms with Crippen molar-refractivity contribution in [3.8, 4) is 0 Å². The molecule has 184 valence electrons. The normalized spacial score (nSPS) is 11.3. The first kappa shape index (κ1) is 27.8. The minimum absolute atomic E-state index is 0. The zero-order chi connectivity index (χ0) is 23.8. The van der Waals surface area contributed by atoms with E-state index in [-0.39, 0.29) is 40.6 Å². The lowest BCUT2D eigenvalue weighted by molar-refractivity contribution is -0.384. The number of esters is 1. The van der Waals surface area contributed by atoms with Crippen molar-refractivity contribution in [2.45, 2.75) is 45.1 Å². The third kappa shape index (κ3) is 8.09. The number of nitro groups is 1. The number of nitrogens with zero attached hydrogens (tertiary/aromatic N) is 3. The molecule has 0 spiro atoms. The van der Waals surface area contributed by atoms with Crippen LogP contribution in [0.25, 0.3) is 10.9 Å². The summed E-state index contributed by atoms with van der Waals surface area (Å²) in [6.45, 7) is 1.36. The molecular weight excluding hydrogens is 545 g/mol. The van der Waals surface area contributed by atoms with Gasteiger partial charge in [0, 0.05) is 35.8 Å². The van der Waals surface area contributed by atoms with E-state index in [9.17, 15) is 14.9 Å². The average Bonchev–Trinajstić information content (AvgIpc) is 3.17. The van der Waals surface area contributed by atoms with Crippen LogP contribution in [0.15, 0.2) is 54.7 Å². The van der Waals surface area contributed by atoms with E-state index >= 15 is 0 Å². The van der Waals surface area contributed by atoms with Gasteiger partial charge in [-0.2, -0.15) is 0 Å². The number of rotatable bonds is 12. The van der Waals surface area contributed by atoms with Crippen molar-refractivity contribution in [2.24, 2.45) is 0 Å². The largest absolute Gasteiger partial charge is 1.00 e. The van der Waals surface area contributed by atoms with Crippen LogP contribution >= 0.6 is 0 Å². The summed E-state index contributed by atoms with van der Waals surface area (Å²) >= 11 is 0. The van der Waals surface area contributed by atoms with Crippen molar-refractivity contribution in [3.63, 3.8) is 0 Å². The Morgan fingerprint density at radius 3 is 2.32 bits per heavy atom. The summed E-state index contributed by atoms with van der Waals surface area (Å²) in [7, 11) is 6.34. The monoisotopic (exact) mass is 579 g/mol. The summed E-state index contributed by atoms with van der Waals surface area (Å²) in [4.78, 5) is 22.6. The number of fused-ring (bicyclic) bond motifs is 1. The summed E-state index contributed by atoms with van der Waals surface area (Å²) in [5, 5.41) is 11.8. The fourth-order valence-electron chi connectivity index (χ4n) is 3.88. The van der Waals surface area contributed by atoms with E-state index in [2.05, 4.69) is 37.8 Å². The second kappa shape index (κ2) is 12.9. The number of hydrogen-bond acceptors (Lipinski definition) is 4. The van der Waals surface area contributed by atoms with Crippen LogP contribution in [0.1, 0.15) is 37.7 Å². The molecule has 34 heavy (non-hydrogen) atoms. The summed E-state index contributed by atoms with van der Waals surface area (Å²) < 4.78 is 8.28. The predicted molar refractivity (Wildman–Crippen MR) is 132 cm³/mol. The standard InChI is InChI=1S/C26H34N3O4.HI/c1-29(2,3)24-12-9-21(10-13-24)19-26(30)33-18-8-6-4-5-7-16-27-17-15-22-20-23(28(31)32)11-14-25(22)27;/h9-15,17,20H,4-8,16,18-19H2,1-3H3;1H/q+1;/p-1. The molecule has 0 aliphatic rings. The third-order valence-electron chi connectivity index (χ3n) is 5.83. The Bertz CT molecular complexity index is 1090. The van der Waals surface area contributed by atoms with Gasteiger partial charge in [-0.25, -0.2) is 0 Å². The van der Waals surface area contributed by atoms with E-state index in [0.717, 1.165) is 59.6 Å². The number of carbonyl (C=O) groups excluding carboxylic acids is 1. The van der Waals surface area contributed by atoms with Gasteiger partial charge in [-0.1, -0.05) is 31.4 Å². The van der Waals surface area contributed by atoms with Gasteiger partial charge in [-0.3, -0.25) is 19.4 Å². The van der Waals surface area contributed by atoms with Crippen LogP contribution in [0, 0.1) is 10.1 Å². The van der Waals surface area contributed by atoms with Crippen LogP contribution < -0.4 is 28.5 Å². The number of aryl methyl sites for hydroxylation is 1. The first-order valence-electron chi connectivity index (χ1n) is 11.5. The predicted octanol–water partition coefficient (Wildman–Crippen LogP) is 2.49. The molecule has 0 amide bonds. The third-order valence-corrected chi connectivity index (χ3v) is 5.83. The highest BCUT2D eigenvalue weighted by atomic mass is 127. The molecule has 0 aliphatic heterocycles. The highest BCUT2D eigenvalue weighted by Crippen LogP contribution is 2.22. The number of carbonyl (C=O) groups is 1. The number of nitro benzene ring substituents is 1. The molecule has 2 aromatic carbocycles. The fourth-order valence-corrected chi connectivity index (χ4v) is 3.88. The molecule has 0 saturated carbocycles. The zero-order valence-corrected chi connectivity index (χ0v) is 22.4. The van der Waals surface area contributed by atoms with Crippen LogP contribution in [0.2, 0.25) is 0 Å². The molecule has 0 bridgehead atoms. The van der Waals surface area contributed by atoms with Crippen molar-refractivity contribution in [1.29, 1.82) is 0 Å². The molecule has 0 radical (unpaired) electrons. The number of non-ortho nitro benzene ring substituents is 1. The van der Waals surface area contributed by atoms with Crippen molar-refractivity contribution in [2.75, 3.05) is 27.7 Å². The van der Waals surface area contributed by atoms with Gasteiger partial charge in [0.1, 0.15) is 5.69 Å². The maximum Gasteiger partial charge on any atom is 0.310 e. The van der Waals surface area contributed by atoms with Crippen LogP contribution in [-0.2, 0) is 22.5 Å². The van der Waals surface area contributed by atoms with Gasteiger partial charge in [0.2, 0.25) is 0 Å². The van der Waals surface area contributed by atoms with E-state index in [4.69, 9.17) is 4.74 Å². The van der Waals surface area contributed by atoms with Crippen LogP contribution in [0.5, 0.6) is 0 Å². The Morgan fingerprint density at radius 2 is 1.65 bits per heavy atom.